The van der Waals surface area contributed by atoms with E-state index in [9.17, 15) is 13.2 Å². The SMILES string of the molecule is NS(=O)(=O)c1ccc(NC(=O)c2ccccc2)cc1Br. The second-order valence-corrected chi connectivity index (χ2v) is 6.39. The molecule has 0 bridgehead atoms. The van der Waals surface area contributed by atoms with Gasteiger partial charge < -0.3 is 5.32 Å². The van der Waals surface area contributed by atoms with Crippen LogP contribution in [0, 0.1) is 0 Å². The number of benzene rings is 2. The number of hydrogen-bond acceptors (Lipinski definition) is 3. The summed E-state index contributed by atoms with van der Waals surface area (Å²) in [5, 5.41) is 7.73. The van der Waals surface area contributed by atoms with Crippen LogP contribution in [0.1, 0.15) is 10.4 Å². The van der Waals surface area contributed by atoms with Crippen LogP contribution in [-0.2, 0) is 10.0 Å². The summed E-state index contributed by atoms with van der Waals surface area (Å²) >= 11 is 3.12. The Kier molecular flexibility index (Phi) is 4.22. The molecule has 1 amide bonds. The first-order chi connectivity index (χ1) is 9.38. The average Bonchev–Trinajstić information content (AvgIpc) is 2.38. The van der Waals surface area contributed by atoms with Gasteiger partial charge in [-0.25, -0.2) is 13.6 Å². The molecule has 0 heterocycles. The van der Waals surface area contributed by atoms with E-state index in [0.29, 0.717) is 15.7 Å². The maximum absolute atomic E-state index is 11.9. The zero-order chi connectivity index (χ0) is 14.8. The Hall–Kier alpha value is -1.70. The molecular formula is C13H11BrN2O3S. The Morgan fingerprint density at radius 3 is 2.30 bits per heavy atom. The molecule has 0 spiro atoms. The van der Waals surface area contributed by atoms with Crippen molar-refractivity contribution in [3.63, 3.8) is 0 Å². The number of nitrogens with two attached hydrogens (primary N) is 1. The Labute approximate surface area is 125 Å². The molecule has 20 heavy (non-hydrogen) atoms. The van der Waals surface area contributed by atoms with Gasteiger partial charge in [-0.2, -0.15) is 0 Å². The van der Waals surface area contributed by atoms with Gasteiger partial charge >= 0.3 is 0 Å². The van der Waals surface area contributed by atoms with Crippen molar-refractivity contribution in [3.05, 3.63) is 58.6 Å². The number of hydrogen-bond donors (Lipinski definition) is 2. The van der Waals surface area contributed by atoms with Crippen LogP contribution in [-0.4, -0.2) is 14.3 Å². The maximum atomic E-state index is 11.9. The Balaban J connectivity index is 2.24. The first-order valence-corrected chi connectivity index (χ1v) is 7.90. The van der Waals surface area contributed by atoms with E-state index in [1.807, 2.05) is 6.07 Å². The molecule has 0 saturated heterocycles. The van der Waals surface area contributed by atoms with Crippen molar-refractivity contribution >= 4 is 37.5 Å². The van der Waals surface area contributed by atoms with Gasteiger partial charge in [-0.05, 0) is 46.3 Å². The molecule has 7 heteroatoms. The lowest BCUT2D eigenvalue weighted by molar-refractivity contribution is 0.102. The van der Waals surface area contributed by atoms with Crippen molar-refractivity contribution in [2.24, 2.45) is 5.14 Å². The number of amides is 1. The van der Waals surface area contributed by atoms with Gasteiger partial charge in [0.1, 0.15) is 0 Å². The summed E-state index contributed by atoms with van der Waals surface area (Å²) in [7, 11) is -3.79. The molecule has 2 aromatic rings. The molecular weight excluding hydrogens is 344 g/mol. The summed E-state index contributed by atoms with van der Waals surface area (Å²) in [4.78, 5) is 11.9. The molecule has 0 unspecified atom stereocenters. The van der Waals surface area contributed by atoms with Crippen molar-refractivity contribution < 1.29 is 13.2 Å². The van der Waals surface area contributed by atoms with Crippen LogP contribution in [0.3, 0.4) is 0 Å². The predicted molar refractivity (Wildman–Crippen MR) is 79.9 cm³/mol. The van der Waals surface area contributed by atoms with Crippen molar-refractivity contribution in [1.29, 1.82) is 0 Å². The Morgan fingerprint density at radius 2 is 1.75 bits per heavy atom. The number of sulfonamides is 1. The van der Waals surface area contributed by atoms with E-state index in [2.05, 4.69) is 21.2 Å². The minimum Gasteiger partial charge on any atom is -0.322 e. The summed E-state index contributed by atoms with van der Waals surface area (Å²) in [6.45, 7) is 0. The fourth-order valence-corrected chi connectivity index (χ4v) is 3.25. The molecule has 0 fully saturated rings. The molecule has 0 saturated carbocycles. The lowest BCUT2D eigenvalue weighted by atomic mass is 10.2. The summed E-state index contributed by atoms with van der Waals surface area (Å²) in [5.74, 6) is -0.277. The topological polar surface area (TPSA) is 89.3 Å². The van der Waals surface area contributed by atoms with Crippen molar-refractivity contribution in [2.75, 3.05) is 5.32 Å². The lowest BCUT2D eigenvalue weighted by Crippen LogP contribution is -2.14. The van der Waals surface area contributed by atoms with Gasteiger partial charge in [-0.15, -0.1) is 0 Å². The highest BCUT2D eigenvalue weighted by Crippen LogP contribution is 2.24. The summed E-state index contributed by atoms with van der Waals surface area (Å²) in [5.41, 5.74) is 0.984. The molecule has 3 N–H and O–H groups in total. The number of carbonyl (C=O) groups excluding carboxylic acids is 1. The van der Waals surface area contributed by atoms with Gasteiger partial charge in [0.2, 0.25) is 10.0 Å². The van der Waals surface area contributed by atoms with E-state index in [0.717, 1.165) is 0 Å². The normalized spacial score (nSPS) is 11.1. The van der Waals surface area contributed by atoms with Crippen molar-refractivity contribution in [2.45, 2.75) is 4.90 Å². The fourth-order valence-electron chi connectivity index (χ4n) is 1.60. The summed E-state index contributed by atoms with van der Waals surface area (Å²) < 4.78 is 22.8. The quantitative estimate of drug-likeness (QED) is 0.886. The van der Waals surface area contributed by atoms with E-state index in [-0.39, 0.29) is 10.8 Å². The van der Waals surface area contributed by atoms with Crippen LogP contribution < -0.4 is 10.5 Å². The molecule has 0 aliphatic rings. The molecule has 0 atom stereocenters. The van der Waals surface area contributed by atoms with E-state index in [4.69, 9.17) is 5.14 Å². The lowest BCUT2D eigenvalue weighted by Gasteiger charge is -2.08. The van der Waals surface area contributed by atoms with Gasteiger partial charge in [0, 0.05) is 15.7 Å². The number of carbonyl (C=O) groups is 1. The summed E-state index contributed by atoms with van der Waals surface area (Å²) in [6, 6.07) is 13.0. The molecule has 0 aromatic heterocycles. The first-order valence-electron chi connectivity index (χ1n) is 5.56. The van der Waals surface area contributed by atoms with Crippen LogP contribution in [0.25, 0.3) is 0 Å². The number of halogens is 1. The number of anilines is 1. The van der Waals surface area contributed by atoms with Crippen LogP contribution in [0.4, 0.5) is 5.69 Å². The molecule has 0 radical (unpaired) electrons. The third-order valence-corrected chi connectivity index (χ3v) is 4.42. The average molecular weight is 355 g/mol. The van der Waals surface area contributed by atoms with E-state index >= 15 is 0 Å². The number of nitrogens with one attached hydrogen (secondary N) is 1. The van der Waals surface area contributed by atoms with Gasteiger partial charge in [-0.1, -0.05) is 18.2 Å². The van der Waals surface area contributed by atoms with Crippen LogP contribution >= 0.6 is 15.9 Å². The highest BCUT2D eigenvalue weighted by molar-refractivity contribution is 9.10. The Morgan fingerprint density at radius 1 is 1.10 bits per heavy atom. The van der Waals surface area contributed by atoms with Crippen molar-refractivity contribution in [3.8, 4) is 0 Å². The minimum atomic E-state index is -3.79. The van der Waals surface area contributed by atoms with E-state index in [1.54, 1.807) is 24.3 Å². The van der Waals surface area contributed by atoms with Gasteiger partial charge in [0.15, 0.2) is 0 Å². The smallest absolute Gasteiger partial charge is 0.255 e. The molecule has 2 aromatic carbocycles. The maximum Gasteiger partial charge on any atom is 0.255 e. The zero-order valence-corrected chi connectivity index (χ0v) is 12.6. The van der Waals surface area contributed by atoms with Gasteiger partial charge in [0.25, 0.3) is 5.91 Å². The standard InChI is InChI=1S/C13H11BrN2O3S/c14-11-8-10(6-7-12(11)20(15,18)19)16-13(17)9-4-2-1-3-5-9/h1-8H,(H,16,17)(H2,15,18,19). The third-order valence-electron chi connectivity index (χ3n) is 2.53. The second kappa shape index (κ2) is 5.74. The second-order valence-electron chi connectivity index (χ2n) is 4.01. The zero-order valence-electron chi connectivity index (χ0n) is 10.2. The van der Waals surface area contributed by atoms with Crippen LogP contribution in [0.15, 0.2) is 57.9 Å². The highest BCUT2D eigenvalue weighted by atomic mass is 79.9. The molecule has 104 valence electrons. The third kappa shape index (κ3) is 3.44. The van der Waals surface area contributed by atoms with Crippen molar-refractivity contribution in [1.82, 2.24) is 0 Å². The minimum absolute atomic E-state index is 0.0322. The Bertz CT molecular complexity index is 745. The largest absolute Gasteiger partial charge is 0.322 e. The molecule has 2 rings (SSSR count). The van der Waals surface area contributed by atoms with E-state index < -0.39 is 10.0 Å². The molecule has 0 aliphatic carbocycles. The van der Waals surface area contributed by atoms with Crippen LogP contribution in [0.2, 0.25) is 0 Å². The fraction of sp³-hybridized carbons (Fsp3) is 0. The molecule has 0 aliphatic heterocycles. The monoisotopic (exact) mass is 354 g/mol. The van der Waals surface area contributed by atoms with Crippen LogP contribution in [0.5, 0.6) is 0 Å². The van der Waals surface area contributed by atoms with E-state index in [1.165, 1.54) is 18.2 Å². The first kappa shape index (κ1) is 14.7. The highest BCUT2D eigenvalue weighted by Gasteiger charge is 2.13. The number of rotatable bonds is 3. The van der Waals surface area contributed by atoms with Gasteiger partial charge in [-0.3, -0.25) is 4.79 Å². The predicted octanol–water partition coefficient (Wildman–Crippen LogP) is 2.35. The van der Waals surface area contributed by atoms with Gasteiger partial charge in [0.05, 0.1) is 4.90 Å². The number of primary sulfonamides is 1. The summed E-state index contributed by atoms with van der Waals surface area (Å²) in [6.07, 6.45) is 0. The molecule has 5 nitrogen and oxygen atoms in total.